The Hall–Kier alpha value is -0.800. The molecular formula is C9H6BrClF3NO3S. The molecule has 0 bridgehead atoms. The maximum atomic E-state index is 12.0. The van der Waals surface area contributed by atoms with Crippen LogP contribution in [0.2, 0.25) is 0 Å². The molecule has 106 valence electrons. The van der Waals surface area contributed by atoms with Crippen LogP contribution in [0.4, 0.5) is 13.2 Å². The van der Waals surface area contributed by atoms with Gasteiger partial charge < -0.3 is 5.32 Å². The molecule has 0 radical (unpaired) electrons. The van der Waals surface area contributed by atoms with Crippen LogP contribution < -0.4 is 5.32 Å². The molecule has 1 aromatic carbocycles. The number of hydrogen-bond donors (Lipinski definition) is 1. The lowest BCUT2D eigenvalue weighted by atomic mass is 10.2. The molecule has 19 heavy (non-hydrogen) atoms. The van der Waals surface area contributed by atoms with Crippen molar-refractivity contribution in [3.8, 4) is 0 Å². The third kappa shape index (κ3) is 5.00. The van der Waals surface area contributed by atoms with Crippen molar-refractivity contribution in [1.29, 1.82) is 0 Å². The SMILES string of the molecule is O=C(NCC(F)(F)F)c1cc(S(=O)(=O)Cl)ccc1Br. The fourth-order valence-corrected chi connectivity index (χ4v) is 2.31. The van der Waals surface area contributed by atoms with E-state index < -0.39 is 27.7 Å². The van der Waals surface area contributed by atoms with Crippen LogP contribution in [0.5, 0.6) is 0 Å². The van der Waals surface area contributed by atoms with Crippen molar-refractivity contribution in [2.75, 3.05) is 6.54 Å². The van der Waals surface area contributed by atoms with Crippen molar-refractivity contribution >= 4 is 41.6 Å². The van der Waals surface area contributed by atoms with Crippen molar-refractivity contribution in [3.63, 3.8) is 0 Å². The van der Waals surface area contributed by atoms with Crippen molar-refractivity contribution < 1.29 is 26.4 Å². The van der Waals surface area contributed by atoms with Gasteiger partial charge in [0.05, 0.1) is 10.5 Å². The third-order valence-corrected chi connectivity index (χ3v) is 3.96. The van der Waals surface area contributed by atoms with Gasteiger partial charge in [-0.05, 0) is 34.1 Å². The van der Waals surface area contributed by atoms with E-state index in [0.29, 0.717) is 0 Å². The number of nitrogens with one attached hydrogen (secondary N) is 1. The lowest BCUT2D eigenvalue weighted by Crippen LogP contribution is -2.33. The maximum Gasteiger partial charge on any atom is 0.405 e. The summed E-state index contributed by atoms with van der Waals surface area (Å²) < 4.78 is 58.2. The first kappa shape index (κ1) is 16.3. The number of carbonyl (C=O) groups excluding carboxylic acids is 1. The monoisotopic (exact) mass is 379 g/mol. The Morgan fingerprint density at radius 2 is 1.95 bits per heavy atom. The zero-order valence-corrected chi connectivity index (χ0v) is 12.1. The Balaban J connectivity index is 3.03. The number of amides is 1. The topological polar surface area (TPSA) is 63.2 Å². The molecule has 0 saturated carbocycles. The fourth-order valence-electron chi connectivity index (χ4n) is 1.11. The Morgan fingerprint density at radius 1 is 1.37 bits per heavy atom. The van der Waals surface area contributed by atoms with Crippen LogP contribution in [-0.2, 0) is 9.05 Å². The van der Waals surface area contributed by atoms with Gasteiger partial charge in [0.1, 0.15) is 6.54 Å². The summed E-state index contributed by atoms with van der Waals surface area (Å²) >= 11 is 2.94. The van der Waals surface area contributed by atoms with E-state index in [2.05, 4.69) is 15.9 Å². The van der Waals surface area contributed by atoms with Crippen LogP contribution in [0.1, 0.15) is 10.4 Å². The van der Waals surface area contributed by atoms with E-state index in [9.17, 15) is 26.4 Å². The summed E-state index contributed by atoms with van der Waals surface area (Å²) in [4.78, 5) is 11.1. The molecule has 0 heterocycles. The highest BCUT2D eigenvalue weighted by atomic mass is 79.9. The summed E-state index contributed by atoms with van der Waals surface area (Å²) in [6.07, 6.45) is -4.56. The summed E-state index contributed by atoms with van der Waals surface area (Å²) in [7, 11) is 1.01. The Labute approximate surface area is 119 Å². The highest BCUT2D eigenvalue weighted by Gasteiger charge is 2.28. The normalized spacial score (nSPS) is 12.3. The molecule has 0 aliphatic carbocycles. The van der Waals surface area contributed by atoms with Crippen molar-refractivity contribution in [2.24, 2.45) is 0 Å². The second kappa shape index (κ2) is 5.68. The van der Waals surface area contributed by atoms with Gasteiger partial charge in [-0.1, -0.05) is 0 Å². The van der Waals surface area contributed by atoms with Gasteiger partial charge in [0, 0.05) is 15.2 Å². The smallest absolute Gasteiger partial charge is 0.343 e. The molecule has 1 amide bonds. The van der Waals surface area contributed by atoms with Gasteiger partial charge in [-0.3, -0.25) is 4.79 Å². The molecule has 0 saturated heterocycles. The first-order chi connectivity index (χ1) is 8.50. The van der Waals surface area contributed by atoms with Gasteiger partial charge in [-0.2, -0.15) is 13.2 Å². The highest BCUT2D eigenvalue weighted by Crippen LogP contribution is 2.23. The highest BCUT2D eigenvalue weighted by molar-refractivity contribution is 9.10. The quantitative estimate of drug-likeness (QED) is 0.820. The van der Waals surface area contributed by atoms with E-state index in [1.165, 1.54) is 6.07 Å². The predicted molar refractivity (Wildman–Crippen MR) is 65.6 cm³/mol. The number of rotatable bonds is 3. The number of hydrogen-bond acceptors (Lipinski definition) is 3. The van der Waals surface area contributed by atoms with Crippen LogP contribution in [0.3, 0.4) is 0 Å². The summed E-state index contributed by atoms with van der Waals surface area (Å²) in [5, 5.41) is 1.63. The molecule has 4 nitrogen and oxygen atoms in total. The van der Waals surface area contributed by atoms with Crippen LogP contribution in [0.15, 0.2) is 27.6 Å². The van der Waals surface area contributed by atoms with E-state index in [4.69, 9.17) is 10.7 Å². The Morgan fingerprint density at radius 3 is 2.42 bits per heavy atom. The van der Waals surface area contributed by atoms with Crippen LogP contribution >= 0.6 is 26.6 Å². The minimum absolute atomic E-state index is 0.149. The second-order valence-electron chi connectivity index (χ2n) is 3.38. The van der Waals surface area contributed by atoms with Gasteiger partial charge in [-0.15, -0.1) is 0 Å². The summed E-state index contributed by atoms with van der Waals surface area (Å²) in [6.45, 7) is -1.52. The van der Waals surface area contributed by atoms with E-state index in [1.54, 1.807) is 5.32 Å². The number of alkyl halides is 3. The molecule has 0 unspecified atom stereocenters. The second-order valence-corrected chi connectivity index (χ2v) is 6.80. The van der Waals surface area contributed by atoms with Gasteiger partial charge in [0.25, 0.3) is 15.0 Å². The Kier molecular flexibility index (Phi) is 4.86. The fraction of sp³-hybridized carbons (Fsp3) is 0.222. The van der Waals surface area contributed by atoms with E-state index in [1.807, 2.05) is 0 Å². The summed E-state index contributed by atoms with van der Waals surface area (Å²) in [6, 6.07) is 3.21. The zero-order chi connectivity index (χ0) is 14.8. The van der Waals surface area contributed by atoms with Crippen LogP contribution in [0, 0.1) is 0 Å². The molecule has 0 spiro atoms. The third-order valence-electron chi connectivity index (χ3n) is 1.91. The molecule has 0 aliphatic heterocycles. The summed E-state index contributed by atoms with van der Waals surface area (Å²) in [5.74, 6) is -1.06. The average Bonchev–Trinajstić information content (AvgIpc) is 2.24. The van der Waals surface area contributed by atoms with E-state index in [0.717, 1.165) is 12.1 Å². The molecule has 0 aromatic heterocycles. The molecule has 0 fully saturated rings. The van der Waals surface area contributed by atoms with Crippen molar-refractivity contribution in [3.05, 3.63) is 28.2 Å². The largest absolute Gasteiger partial charge is 0.405 e. The lowest BCUT2D eigenvalue weighted by Gasteiger charge is -2.10. The van der Waals surface area contributed by atoms with Crippen LogP contribution in [0.25, 0.3) is 0 Å². The van der Waals surface area contributed by atoms with Gasteiger partial charge in [-0.25, -0.2) is 8.42 Å². The molecule has 1 aromatic rings. The van der Waals surface area contributed by atoms with Gasteiger partial charge >= 0.3 is 6.18 Å². The van der Waals surface area contributed by atoms with E-state index >= 15 is 0 Å². The average molecular weight is 381 g/mol. The first-order valence-corrected chi connectivity index (χ1v) is 7.70. The minimum Gasteiger partial charge on any atom is -0.343 e. The molecule has 0 atom stereocenters. The number of halogens is 5. The predicted octanol–water partition coefficient (Wildman–Crippen LogP) is 2.67. The first-order valence-electron chi connectivity index (χ1n) is 4.60. The lowest BCUT2D eigenvalue weighted by molar-refractivity contribution is -0.123. The molecule has 0 aliphatic rings. The maximum absolute atomic E-state index is 12.0. The number of benzene rings is 1. The van der Waals surface area contributed by atoms with Crippen molar-refractivity contribution in [2.45, 2.75) is 11.1 Å². The summed E-state index contributed by atoms with van der Waals surface area (Å²) in [5.41, 5.74) is -0.258. The zero-order valence-electron chi connectivity index (χ0n) is 8.96. The van der Waals surface area contributed by atoms with Gasteiger partial charge in [0.2, 0.25) is 0 Å². The van der Waals surface area contributed by atoms with E-state index in [-0.39, 0.29) is 14.9 Å². The standard InChI is InChI=1S/C9H6BrClF3NO3S/c10-7-2-1-5(19(11,17)18)3-6(7)8(16)15-4-9(12,13)14/h1-3H,4H2,(H,15,16). The minimum atomic E-state index is -4.56. The van der Waals surface area contributed by atoms with Gasteiger partial charge in [0.15, 0.2) is 0 Å². The molecule has 10 heteroatoms. The Bertz CT molecular complexity index is 603. The molecule has 1 rings (SSSR count). The molecule has 1 N–H and O–H groups in total. The molecular weight excluding hydrogens is 375 g/mol. The van der Waals surface area contributed by atoms with Crippen molar-refractivity contribution in [1.82, 2.24) is 5.32 Å². The number of carbonyl (C=O) groups is 1. The van der Waals surface area contributed by atoms with Crippen LogP contribution in [-0.4, -0.2) is 27.0 Å².